The van der Waals surface area contributed by atoms with E-state index in [0.29, 0.717) is 0 Å². The van der Waals surface area contributed by atoms with Gasteiger partial charge in [0.05, 0.1) is 0 Å². The minimum Gasteiger partial charge on any atom is -0.344 e. The molecule has 1 heteroatoms. The van der Waals surface area contributed by atoms with E-state index in [1.165, 1.54) is 103 Å². The zero-order valence-corrected chi connectivity index (χ0v) is 15.6. The van der Waals surface area contributed by atoms with Gasteiger partial charge in [0.15, 0.2) is 0 Å². The fourth-order valence-corrected chi connectivity index (χ4v) is 2.92. The van der Waals surface area contributed by atoms with Crippen molar-refractivity contribution in [1.29, 1.82) is 0 Å². The lowest BCUT2D eigenvalue weighted by atomic mass is 10.0. The maximum atomic E-state index is 2.34. The lowest BCUT2D eigenvalue weighted by molar-refractivity contribution is 0.502. The van der Waals surface area contributed by atoms with Crippen LogP contribution in [0.2, 0.25) is 0 Å². The Hall–Kier alpha value is -0.0400. The van der Waals surface area contributed by atoms with Gasteiger partial charge in [0, 0.05) is 0 Å². The van der Waals surface area contributed by atoms with E-state index in [4.69, 9.17) is 0 Å². The van der Waals surface area contributed by atoms with E-state index in [0.717, 1.165) is 5.92 Å². The molecule has 0 spiro atoms. The van der Waals surface area contributed by atoms with E-state index in [9.17, 15) is 0 Å². The Morgan fingerprint density at radius 2 is 0.762 bits per heavy atom. The average molecular weight is 300 g/mol. The van der Waals surface area contributed by atoms with Crippen LogP contribution >= 0.6 is 0 Å². The van der Waals surface area contributed by atoms with E-state index in [-0.39, 0.29) is 6.15 Å². The molecule has 0 fully saturated rings. The summed E-state index contributed by atoms with van der Waals surface area (Å²) in [5.74, 6) is 0.900. The Morgan fingerprint density at radius 3 is 1.05 bits per heavy atom. The van der Waals surface area contributed by atoms with Gasteiger partial charge in [-0.3, -0.25) is 0 Å². The van der Waals surface area contributed by atoms with Crippen molar-refractivity contribution in [3.63, 3.8) is 0 Å². The van der Waals surface area contributed by atoms with Gasteiger partial charge in [-0.15, -0.1) is 0 Å². The summed E-state index contributed by atoms with van der Waals surface area (Å²) in [7, 11) is 0. The van der Waals surface area contributed by atoms with Gasteiger partial charge in [-0.1, -0.05) is 124 Å². The normalized spacial score (nSPS) is 10.9. The smallest absolute Gasteiger partial charge is 0.0471 e. The molecule has 0 amide bonds. The highest BCUT2D eigenvalue weighted by Gasteiger charge is 1.95. The summed E-state index contributed by atoms with van der Waals surface area (Å²) < 4.78 is 0. The zero-order valence-electron chi connectivity index (χ0n) is 15.6. The summed E-state index contributed by atoms with van der Waals surface area (Å²) in [5.41, 5.74) is 0. The van der Waals surface area contributed by atoms with Crippen molar-refractivity contribution in [1.82, 2.24) is 6.15 Å². The SMILES string of the molecule is CCCCCCCCCCCCCCCCCC(C)C.N. The highest BCUT2D eigenvalue weighted by atomic mass is 14.0. The van der Waals surface area contributed by atoms with Gasteiger partial charge in [0.1, 0.15) is 0 Å². The molecule has 130 valence electrons. The van der Waals surface area contributed by atoms with E-state index in [1.54, 1.807) is 0 Å². The molecule has 0 aromatic carbocycles. The van der Waals surface area contributed by atoms with Crippen LogP contribution in [0.1, 0.15) is 124 Å². The van der Waals surface area contributed by atoms with Crippen LogP contribution in [-0.2, 0) is 0 Å². The lowest BCUT2D eigenvalue weighted by Gasteiger charge is -2.05. The number of rotatable bonds is 16. The Balaban J connectivity index is 0. The van der Waals surface area contributed by atoms with Crippen molar-refractivity contribution < 1.29 is 0 Å². The Kier molecular flexibility index (Phi) is 22.1. The van der Waals surface area contributed by atoms with Gasteiger partial charge >= 0.3 is 0 Å². The Morgan fingerprint density at radius 1 is 0.476 bits per heavy atom. The van der Waals surface area contributed by atoms with Crippen LogP contribution in [0.15, 0.2) is 0 Å². The molecule has 0 heterocycles. The van der Waals surface area contributed by atoms with Gasteiger partial charge in [-0.25, -0.2) is 0 Å². The van der Waals surface area contributed by atoms with Crippen molar-refractivity contribution in [3.8, 4) is 0 Å². The second kappa shape index (κ2) is 20.0. The van der Waals surface area contributed by atoms with Crippen molar-refractivity contribution in [2.24, 2.45) is 5.92 Å². The van der Waals surface area contributed by atoms with Crippen LogP contribution in [-0.4, -0.2) is 0 Å². The summed E-state index contributed by atoms with van der Waals surface area (Å²) in [5, 5.41) is 0. The fourth-order valence-electron chi connectivity index (χ4n) is 2.92. The van der Waals surface area contributed by atoms with Gasteiger partial charge in [0.2, 0.25) is 0 Å². The van der Waals surface area contributed by atoms with E-state index < -0.39 is 0 Å². The number of unbranched alkanes of at least 4 members (excludes halogenated alkanes) is 14. The lowest BCUT2D eigenvalue weighted by Crippen LogP contribution is -1.87. The first-order chi connectivity index (χ1) is 9.77. The van der Waals surface area contributed by atoms with Crippen LogP contribution in [0.25, 0.3) is 0 Å². The summed E-state index contributed by atoms with van der Waals surface area (Å²) >= 11 is 0. The van der Waals surface area contributed by atoms with Crippen LogP contribution in [0.4, 0.5) is 0 Å². The molecule has 0 aliphatic heterocycles. The molecule has 0 aromatic rings. The predicted octanol–water partition coefficient (Wildman–Crippen LogP) is 8.07. The second-order valence-electron chi connectivity index (χ2n) is 7.13. The first-order valence-corrected chi connectivity index (χ1v) is 9.77. The number of hydrogen-bond acceptors (Lipinski definition) is 1. The van der Waals surface area contributed by atoms with Gasteiger partial charge in [0.25, 0.3) is 0 Å². The second-order valence-corrected chi connectivity index (χ2v) is 7.13. The Labute approximate surface area is 136 Å². The standard InChI is InChI=1S/C20H42.H3N/c1-4-5-6-7-8-9-10-11-12-13-14-15-16-17-18-19-20(2)3;/h20H,4-19H2,1-3H3;1H3. The third-order valence-corrected chi connectivity index (χ3v) is 4.39. The molecule has 0 aliphatic carbocycles. The molecule has 0 unspecified atom stereocenters. The maximum absolute atomic E-state index is 2.34. The minimum atomic E-state index is 0. The van der Waals surface area contributed by atoms with Crippen molar-refractivity contribution in [2.75, 3.05) is 0 Å². The van der Waals surface area contributed by atoms with E-state index in [2.05, 4.69) is 20.8 Å². The molecule has 0 bridgehead atoms. The van der Waals surface area contributed by atoms with Crippen LogP contribution < -0.4 is 6.15 Å². The molecule has 1 nitrogen and oxygen atoms in total. The summed E-state index contributed by atoms with van der Waals surface area (Å²) in [6, 6.07) is 0. The highest BCUT2D eigenvalue weighted by molar-refractivity contribution is 4.50. The predicted molar refractivity (Wildman–Crippen MR) is 99.4 cm³/mol. The maximum Gasteiger partial charge on any atom is -0.0471 e. The molecule has 0 saturated carbocycles. The number of hydrogen-bond donors (Lipinski definition) is 1. The molecule has 0 saturated heterocycles. The van der Waals surface area contributed by atoms with Crippen LogP contribution in [0, 0.1) is 5.92 Å². The third-order valence-electron chi connectivity index (χ3n) is 4.39. The molecule has 21 heavy (non-hydrogen) atoms. The first-order valence-electron chi connectivity index (χ1n) is 9.77. The van der Waals surface area contributed by atoms with E-state index in [1.807, 2.05) is 0 Å². The van der Waals surface area contributed by atoms with Gasteiger partial charge < -0.3 is 6.15 Å². The molecule has 0 aliphatic rings. The molecule has 0 atom stereocenters. The third kappa shape index (κ3) is 22.4. The molecule has 0 aromatic heterocycles. The van der Waals surface area contributed by atoms with Crippen LogP contribution in [0.3, 0.4) is 0 Å². The average Bonchev–Trinajstić information content (AvgIpc) is 2.43. The highest BCUT2D eigenvalue weighted by Crippen LogP contribution is 2.14. The summed E-state index contributed by atoms with van der Waals surface area (Å²) in [4.78, 5) is 0. The van der Waals surface area contributed by atoms with Crippen molar-refractivity contribution >= 4 is 0 Å². The Bertz CT molecular complexity index is 165. The molecular weight excluding hydrogens is 254 g/mol. The molecule has 0 radical (unpaired) electrons. The summed E-state index contributed by atoms with van der Waals surface area (Å²) in [6.07, 6.45) is 23.5. The quantitative estimate of drug-likeness (QED) is 0.287. The largest absolute Gasteiger partial charge is 0.344 e. The minimum absolute atomic E-state index is 0. The van der Waals surface area contributed by atoms with Crippen molar-refractivity contribution in [2.45, 2.75) is 124 Å². The first kappa shape index (κ1) is 23.2. The topological polar surface area (TPSA) is 35.0 Å². The molecular formula is C20H45N. The monoisotopic (exact) mass is 299 g/mol. The molecule has 3 N–H and O–H groups in total. The van der Waals surface area contributed by atoms with Crippen molar-refractivity contribution in [3.05, 3.63) is 0 Å². The van der Waals surface area contributed by atoms with Gasteiger partial charge in [-0.2, -0.15) is 0 Å². The summed E-state index contributed by atoms with van der Waals surface area (Å²) in [6.45, 7) is 6.97. The van der Waals surface area contributed by atoms with Gasteiger partial charge in [-0.05, 0) is 5.92 Å². The van der Waals surface area contributed by atoms with Crippen LogP contribution in [0.5, 0.6) is 0 Å². The fraction of sp³-hybridized carbons (Fsp3) is 1.00. The zero-order chi connectivity index (χ0) is 14.9. The van der Waals surface area contributed by atoms with E-state index >= 15 is 0 Å². The molecule has 0 rings (SSSR count).